The molecule has 28 heavy (non-hydrogen) atoms. The normalized spacial score (nSPS) is 11.9. The minimum atomic E-state index is -0.884. The van der Waals surface area contributed by atoms with Crippen molar-refractivity contribution in [1.29, 1.82) is 0 Å². The number of halogens is 2. The van der Waals surface area contributed by atoms with Gasteiger partial charge < -0.3 is 54.5 Å². The van der Waals surface area contributed by atoms with E-state index in [1.54, 1.807) is 0 Å². The average Bonchev–Trinajstić information content (AvgIpc) is 2.64. The molecule has 0 aromatic heterocycles. The Labute approximate surface area is 193 Å². The van der Waals surface area contributed by atoms with E-state index in [1.165, 1.54) is 0 Å². The second-order valence-electron chi connectivity index (χ2n) is 5.80. The molecule has 0 aromatic rings. The maximum absolute atomic E-state index is 12.1. The molecule has 3 N–H and O–H groups in total. The first-order valence-electron chi connectivity index (χ1n) is 8.86. The lowest BCUT2D eigenvalue weighted by Crippen LogP contribution is -3.00. The van der Waals surface area contributed by atoms with Crippen LogP contribution in [0, 0.1) is 0 Å². The molecule has 0 radical (unpaired) electrons. The molecule has 0 unspecified atom stereocenters. The molecule has 0 bridgehead atoms. The van der Waals surface area contributed by atoms with Crippen LogP contribution in [0.3, 0.4) is 0 Å². The number of hydrogen-bond donors (Lipinski definition) is 3. The third-order valence-corrected chi connectivity index (χ3v) is 3.75. The van der Waals surface area contributed by atoms with Crippen LogP contribution >= 0.6 is 12.6 Å². The van der Waals surface area contributed by atoms with Crippen LogP contribution in [0.25, 0.3) is 0 Å². The third-order valence-electron chi connectivity index (χ3n) is 3.38. The standard InChI is InChI=1S/C17H30N2O6S.2BrH/c1-3-9-24-16(22)8-6-14(20)13(11-26)19-15(21)7-5-12(18)17(23)25-10-4-2;;/h12-13,26H,3-11,18H2,1-2H3,(H,19,21);2*1H/p-2/t12-,13-;;/m0../s1. The summed E-state index contributed by atoms with van der Waals surface area (Å²) in [5.74, 6) is -1.59. The Morgan fingerprint density at radius 1 is 0.964 bits per heavy atom. The Kier molecular flexibility index (Phi) is 22.5. The Balaban J connectivity index is -0.00000312. The fourth-order valence-electron chi connectivity index (χ4n) is 1.90. The van der Waals surface area contributed by atoms with Crippen LogP contribution in [0.15, 0.2) is 0 Å². The van der Waals surface area contributed by atoms with E-state index < -0.39 is 29.9 Å². The summed E-state index contributed by atoms with van der Waals surface area (Å²) in [6.45, 7) is 4.35. The molecule has 166 valence electrons. The molecule has 8 nitrogen and oxygen atoms in total. The molecule has 0 fully saturated rings. The molecule has 0 aliphatic carbocycles. The van der Waals surface area contributed by atoms with Crippen LogP contribution in [-0.4, -0.2) is 54.7 Å². The maximum atomic E-state index is 12.1. The summed E-state index contributed by atoms with van der Waals surface area (Å²) >= 11 is 4.06. The van der Waals surface area contributed by atoms with Gasteiger partial charge in [0.15, 0.2) is 5.78 Å². The molecule has 0 rings (SSSR count). The second kappa shape index (κ2) is 19.7. The van der Waals surface area contributed by atoms with Crippen LogP contribution in [0.1, 0.15) is 52.4 Å². The molecule has 0 aliphatic rings. The van der Waals surface area contributed by atoms with Crippen molar-refractivity contribution in [2.45, 2.75) is 64.5 Å². The number of amides is 1. The van der Waals surface area contributed by atoms with Crippen LogP contribution in [0.5, 0.6) is 0 Å². The number of Topliss-reactive ketones (excluding diaryl/α,β-unsaturated/α-hetero) is 1. The lowest BCUT2D eigenvalue weighted by molar-refractivity contribution is -0.145. The van der Waals surface area contributed by atoms with Gasteiger partial charge in [0.1, 0.15) is 6.04 Å². The zero-order valence-electron chi connectivity index (χ0n) is 16.2. The lowest BCUT2D eigenvalue weighted by Gasteiger charge is -2.16. The lowest BCUT2D eigenvalue weighted by atomic mass is 10.1. The van der Waals surface area contributed by atoms with Crippen molar-refractivity contribution in [2.75, 3.05) is 19.0 Å². The van der Waals surface area contributed by atoms with E-state index in [-0.39, 0.29) is 77.8 Å². The molecule has 0 spiro atoms. The van der Waals surface area contributed by atoms with Crippen LogP contribution < -0.4 is 45.0 Å². The van der Waals surface area contributed by atoms with Gasteiger partial charge in [0.25, 0.3) is 0 Å². The zero-order chi connectivity index (χ0) is 19.9. The van der Waals surface area contributed by atoms with E-state index in [4.69, 9.17) is 15.2 Å². The van der Waals surface area contributed by atoms with Crippen molar-refractivity contribution >= 4 is 36.3 Å². The molecule has 2 atom stereocenters. The van der Waals surface area contributed by atoms with Gasteiger partial charge in [-0.1, -0.05) is 13.8 Å². The minimum Gasteiger partial charge on any atom is -1.00 e. The highest BCUT2D eigenvalue weighted by atomic mass is 79.9. The van der Waals surface area contributed by atoms with Gasteiger partial charge in [0.05, 0.1) is 25.7 Å². The smallest absolute Gasteiger partial charge is 0.322 e. The Morgan fingerprint density at radius 3 is 2.07 bits per heavy atom. The van der Waals surface area contributed by atoms with Crippen LogP contribution in [-0.2, 0) is 28.7 Å². The third kappa shape index (κ3) is 15.3. The number of nitrogens with two attached hydrogens (primary N) is 1. The van der Waals surface area contributed by atoms with E-state index in [1.807, 2.05) is 13.8 Å². The minimum absolute atomic E-state index is 0. The van der Waals surface area contributed by atoms with Crippen molar-refractivity contribution in [1.82, 2.24) is 5.32 Å². The average molecular weight is 550 g/mol. The number of nitrogens with one attached hydrogen (secondary N) is 1. The molecule has 0 saturated heterocycles. The second-order valence-corrected chi connectivity index (χ2v) is 6.17. The summed E-state index contributed by atoms with van der Waals surface area (Å²) in [6, 6.07) is -1.68. The Morgan fingerprint density at radius 2 is 1.54 bits per heavy atom. The number of ketones is 1. The Bertz CT molecular complexity index is 483. The van der Waals surface area contributed by atoms with E-state index in [0.717, 1.165) is 0 Å². The predicted molar refractivity (Wildman–Crippen MR) is 99.7 cm³/mol. The van der Waals surface area contributed by atoms with Gasteiger partial charge in [-0.25, -0.2) is 0 Å². The van der Waals surface area contributed by atoms with Gasteiger partial charge in [0, 0.05) is 18.6 Å². The zero-order valence-corrected chi connectivity index (χ0v) is 20.3. The summed E-state index contributed by atoms with van der Waals surface area (Å²) in [5, 5.41) is 2.55. The van der Waals surface area contributed by atoms with E-state index in [0.29, 0.717) is 19.4 Å². The molecule has 0 saturated carbocycles. The first-order valence-corrected chi connectivity index (χ1v) is 9.49. The Hall–Kier alpha value is -0.650. The monoisotopic (exact) mass is 548 g/mol. The van der Waals surface area contributed by atoms with Crippen molar-refractivity contribution in [2.24, 2.45) is 5.73 Å². The summed E-state index contributed by atoms with van der Waals surface area (Å²) in [4.78, 5) is 47.0. The quantitative estimate of drug-likeness (QED) is 0.146. The topological polar surface area (TPSA) is 125 Å². The molecule has 0 heterocycles. The molecule has 0 aromatic carbocycles. The highest BCUT2D eigenvalue weighted by molar-refractivity contribution is 7.80. The number of thiol groups is 1. The van der Waals surface area contributed by atoms with E-state index in [2.05, 4.69) is 17.9 Å². The number of esters is 2. The molecule has 11 heteroatoms. The highest BCUT2D eigenvalue weighted by Crippen LogP contribution is 2.03. The summed E-state index contributed by atoms with van der Waals surface area (Å²) < 4.78 is 9.80. The van der Waals surface area contributed by atoms with Gasteiger partial charge in [-0.05, 0) is 19.3 Å². The number of rotatable bonds is 14. The van der Waals surface area contributed by atoms with E-state index in [9.17, 15) is 19.2 Å². The number of hydrogen-bond acceptors (Lipinski definition) is 8. The van der Waals surface area contributed by atoms with Crippen molar-refractivity contribution in [3.63, 3.8) is 0 Å². The SMILES string of the molecule is CCCOC(=O)CCC(=O)[C@H](CS)NC(=O)CC[C@H](N)C(=O)OCCC.[Br-].[Br-]. The molecular formula is C17H30Br2N2O6S-2. The fourth-order valence-corrected chi connectivity index (χ4v) is 2.19. The first-order chi connectivity index (χ1) is 12.3. The van der Waals surface area contributed by atoms with Crippen molar-refractivity contribution < 1.29 is 62.6 Å². The summed E-state index contributed by atoms with van der Waals surface area (Å²) in [7, 11) is 0. The van der Waals surface area contributed by atoms with E-state index >= 15 is 0 Å². The number of carbonyl (C=O) groups is 4. The van der Waals surface area contributed by atoms with Gasteiger partial charge in [-0.3, -0.25) is 19.2 Å². The fraction of sp³-hybridized carbons (Fsp3) is 0.765. The van der Waals surface area contributed by atoms with Gasteiger partial charge in [0.2, 0.25) is 5.91 Å². The van der Waals surface area contributed by atoms with Crippen molar-refractivity contribution in [3.8, 4) is 0 Å². The van der Waals surface area contributed by atoms with Crippen LogP contribution in [0.4, 0.5) is 0 Å². The predicted octanol–water partition coefficient (Wildman–Crippen LogP) is -5.23. The van der Waals surface area contributed by atoms with Gasteiger partial charge in [-0.15, -0.1) is 0 Å². The highest BCUT2D eigenvalue weighted by Gasteiger charge is 2.22. The molecule has 1 amide bonds. The number of ether oxygens (including phenoxy) is 2. The van der Waals surface area contributed by atoms with Gasteiger partial charge >= 0.3 is 11.9 Å². The van der Waals surface area contributed by atoms with Gasteiger partial charge in [-0.2, -0.15) is 12.6 Å². The summed E-state index contributed by atoms with van der Waals surface area (Å²) in [5.41, 5.74) is 5.66. The molecular weight excluding hydrogens is 520 g/mol. The molecule has 0 aliphatic heterocycles. The van der Waals surface area contributed by atoms with Crippen molar-refractivity contribution in [3.05, 3.63) is 0 Å². The van der Waals surface area contributed by atoms with Crippen LogP contribution in [0.2, 0.25) is 0 Å². The number of carbonyl (C=O) groups excluding carboxylic acids is 4. The largest absolute Gasteiger partial charge is 1.00 e. The maximum Gasteiger partial charge on any atom is 0.322 e. The first kappa shape index (κ1) is 32.0. The summed E-state index contributed by atoms with van der Waals surface area (Å²) in [6.07, 6.45) is 1.44.